The van der Waals surface area contributed by atoms with Gasteiger partial charge in [-0.2, -0.15) is 0 Å². The Labute approximate surface area is 125 Å². The highest BCUT2D eigenvalue weighted by molar-refractivity contribution is 9.09. The van der Waals surface area contributed by atoms with Crippen molar-refractivity contribution in [3.63, 3.8) is 0 Å². The molecule has 1 aliphatic rings. The Kier molecular flexibility index (Phi) is 5.34. The standard InChI is InChI=1S/C14H16BrF2NO2/c15-9-11(10-3-4-12(16)13(17)8-10)2-1-5-18-6-7-20-14(18)19/h3-4,8,11H,1-2,5-7,9H2. The summed E-state index contributed by atoms with van der Waals surface area (Å²) in [5.74, 6) is -1.55. The van der Waals surface area contributed by atoms with E-state index in [0.717, 1.165) is 24.5 Å². The molecule has 1 aliphatic heterocycles. The third kappa shape index (κ3) is 3.69. The van der Waals surface area contributed by atoms with Crippen molar-refractivity contribution >= 4 is 22.0 Å². The van der Waals surface area contributed by atoms with E-state index in [1.807, 2.05) is 0 Å². The molecule has 0 N–H and O–H groups in total. The van der Waals surface area contributed by atoms with Crippen LogP contribution in [0.1, 0.15) is 24.3 Å². The average Bonchev–Trinajstić information content (AvgIpc) is 2.84. The van der Waals surface area contributed by atoms with Gasteiger partial charge in [0.05, 0.1) is 6.54 Å². The molecule has 1 heterocycles. The first-order valence-corrected chi connectivity index (χ1v) is 7.66. The fourth-order valence-corrected chi connectivity index (χ4v) is 2.95. The van der Waals surface area contributed by atoms with Gasteiger partial charge >= 0.3 is 6.09 Å². The van der Waals surface area contributed by atoms with Crippen LogP contribution < -0.4 is 0 Å². The van der Waals surface area contributed by atoms with Gasteiger partial charge in [0, 0.05) is 11.9 Å². The number of nitrogens with zero attached hydrogens (tertiary/aromatic N) is 1. The molecule has 1 fully saturated rings. The fraction of sp³-hybridized carbons (Fsp3) is 0.500. The summed E-state index contributed by atoms with van der Waals surface area (Å²) >= 11 is 3.40. The fourth-order valence-electron chi connectivity index (χ4n) is 2.26. The predicted octanol–water partition coefficient (Wildman–Crippen LogP) is 3.68. The Bertz CT molecular complexity index is 484. The molecule has 1 atom stereocenters. The van der Waals surface area contributed by atoms with E-state index >= 15 is 0 Å². The predicted molar refractivity (Wildman–Crippen MR) is 75.0 cm³/mol. The highest BCUT2D eigenvalue weighted by atomic mass is 79.9. The molecule has 1 unspecified atom stereocenters. The normalized spacial score (nSPS) is 16.4. The van der Waals surface area contributed by atoms with Gasteiger partial charge in [-0.25, -0.2) is 13.6 Å². The highest BCUT2D eigenvalue weighted by Crippen LogP contribution is 2.25. The minimum absolute atomic E-state index is 0.101. The molecule has 0 saturated carbocycles. The van der Waals surface area contributed by atoms with E-state index in [1.54, 1.807) is 11.0 Å². The monoisotopic (exact) mass is 347 g/mol. The van der Waals surface area contributed by atoms with Crippen LogP contribution in [-0.4, -0.2) is 36.0 Å². The number of carbonyl (C=O) groups excluding carboxylic acids is 1. The van der Waals surface area contributed by atoms with Crippen LogP contribution in [0, 0.1) is 11.6 Å². The quantitative estimate of drug-likeness (QED) is 0.734. The second-order valence-corrected chi connectivity index (χ2v) is 5.42. The number of halogens is 3. The molecule has 20 heavy (non-hydrogen) atoms. The Morgan fingerprint density at radius 1 is 1.35 bits per heavy atom. The summed E-state index contributed by atoms with van der Waals surface area (Å²) in [4.78, 5) is 12.9. The van der Waals surface area contributed by atoms with Gasteiger partial charge in [-0.1, -0.05) is 22.0 Å². The Morgan fingerprint density at radius 3 is 2.75 bits per heavy atom. The molecule has 0 bridgehead atoms. The van der Waals surface area contributed by atoms with Crippen LogP contribution in [0.15, 0.2) is 18.2 Å². The minimum Gasteiger partial charge on any atom is -0.448 e. The number of hydrogen-bond acceptors (Lipinski definition) is 2. The zero-order valence-corrected chi connectivity index (χ0v) is 12.5. The number of amides is 1. The van der Waals surface area contributed by atoms with Crippen molar-refractivity contribution in [2.45, 2.75) is 18.8 Å². The molecule has 0 aromatic heterocycles. The van der Waals surface area contributed by atoms with Crippen LogP contribution in [0.2, 0.25) is 0 Å². The maximum atomic E-state index is 13.2. The first kappa shape index (κ1) is 15.2. The van der Waals surface area contributed by atoms with Gasteiger partial charge in [-0.05, 0) is 36.5 Å². The number of hydrogen-bond donors (Lipinski definition) is 0. The van der Waals surface area contributed by atoms with Crippen molar-refractivity contribution in [1.82, 2.24) is 4.90 Å². The van der Waals surface area contributed by atoms with Gasteiger partial charge in [-0.3, -0.25) is 0 Å². The molecular formula is C14H16BrF2NO2. The second-order valence-electron chi connectivity index (χ2n) is 4.77. The smallest absolute Gasteiger partial charge is 0.409 e. The van der Waals surface area contributed by atoms with E-state index in [0.29, 0.717) is 25.0 Å². The lowest BCUT2D eigenvalue weighted by Gasteiger charge is -2.17. The lowest BCUT2D eigenvalue weighted by molar-refractivity contribution is 0.158. The zero-order chi connectivity index (χ0) is 14.5. The van der Waals surface area contributed by atoms with Gasteiger partial charge < -0.3 is 9.64 Å². The first-order chi connectivity index (χ1) is 9.61. The van der Waals surface area contributed by atoms with E-state index in [2.05, 4.69) is 15.9 Å². The molecular weight excluding hydrogens is 332 g/mol. The lowest BCUT2D eigenvalue weighted by atomic mass is 9.96. The van der Waals surface area contributed by atoms with Gasteiger partial charge in [0.2, 0.25) is 0 Å². The summed E-state index contributed by atoms with van der Waals surface area (Å²) in [7, 11) is 0. The Hall–Kier alpha value is -1.17. The minimum atomic E-state index is -0.832. The molecule has 2 rings (SSSR count). The van der Waals surface area contributed by atoms with Crippen LogP contribution in [-0.2, 0) is 4.74 Å². The van der Waals surface area contributed by atoms with Crippen LogP contribution in [0.5, 0.6) is 0 Å². The van der Waals surface area contributed by atoms with Crippen LogP contribution in [0.4, 0.5) is 13.6 Å². The number of ether oxygens (including phenoxy) is 1. The van der Waals surface area contributed by atoms with Crippen LogP contribution >= 0.6 is 15.9 Å². The van der Waals surface area contributed by atoms with Crippen molar-refractivity contribution in [2.24, 2.45) is 0 Å². The average molecular weight is 348 g/mol. The summed E-state index contributed by atoms with van der Waals surface area (Å²) in [6.07, 6.45) is 1.32. The van der Waals surface area contributed by atoms with Crippen molar-refractivity contribution in [1.29, 1.82) is 0 Å². The van der Waals surface area contributed by atoms with Gasteiger partial charge in [0.1, 0.15) is 6.61 Å². The summed E-state index contributed by atoms with van der Waals surface area (Å²) < 4.78 is 31.0. The third-order valence-electron chi connectivity index (χ3n) is 3.43. The largest absolute Gasteiger partial charge is 0.448 e. The maximum Gasteiger partial charge on any atom is 0.409 e. The summed E-state index contributed by atoms with van der Waals surface area (Å²) in [5, 5.41) is 0.669. The molecule has 3 nitrogen and oxygen atoms in total. The van der Waals surface area contributed by atoms with E-state index < -0.39 is 11.6 Å². The first-order valence-electron chi connectivity index (χ1n) is 6.54. The number of cyclic esters (lactones) is 1. The molecule has 1 aromatic rings. The van der Waals surface area contributed by atoms with Crippen molar-refractivity contribution in [3.8, 4) is 0 Å². The van der Waals surface area contributed by atoms with E-state index in [4.69, 9.17) is 4.74 Å². The van der Waals surface area contributed by atoms with Crippen LogP contribution in [0.3, 0.4) is 0 Å². The Morgan fingerprint density at radius 2 is 2.15 bits per heavy atom. The van der Waals surface area contributed by atoms with Crippen molar-refractivity contribution in [3.05, 3.63) is 35.4 Å². The van der Waals surface area contributed by atoms with Crippen LogP contribution in [0.25, 0.3) is 0 Å². The third-order valence-corrected chi connectivity index (χ3v) is 4.21. The molecule has 1 aromatic carbocycles. The summed E-state index contributed by atoms with van der Waals surface area (Å²) in [6.45, 7) is 1.71. The van der Waals surface area contributed by atoms with E-state index in [1.165, 1.54) is 6.07 Å². The van der Waals surface area contributed by atoms with Gasteiger partial charge in [-0.15, -0.1) is 0 Å². The molecule has 0 aliphatic carbocycles. The SMILES string of the molecule is O=C1OCCN1CCCC(CBr)c1ccc(F)c(F)c1. The van der Waals surface area contributed by atoms with Gasteiger partial charge in [0.15, 0.2) is 11.6 Å². The number of alkyl halides is 1. The topological polar surface area (TPSA) is 29.5 Å². The maximum absolute atomic E-state index is 13.2. The molecule has 110 valence electrons. The van der Waals surface area contributed by atoms with Gasteiger partial charge in [0.25, 0.3) is 0 Å². The molecule has 0 spiro atoms. The number of benzene rings is 1. The summed E-state index contributed by atoms with van der Waals surface area (Å²) in [5.41, 5.74) is 0.768. The zero-order valence-electron chi connectivity index (χ0n) is 10.9. The second kappa shape index (κ2) is 7.02. The molecule has 1 saturated heterocycles. The van der Waals surface area contributed by atoms with E-state index in [-0.39, 0.29) is 12.0 Å². The number of carbonyl (C=O) groups is 1. The summed E-state index contributed by atoms with van der Waals surface area (Å²) in [6, 6.07) is 4.00. The Balaban J connectivity index is 1.88. The van der Waals surface area contributed by atoms with E-state index in [9.17, 15) is 13.6 Å². The number of rotatable bonds is 6. The molecule has 1 amide bonds. The molecule has 0 radical (unpaired) electrons. The van der Waals surface area contributed by atoms with Crippen molar-refractivity contribution in [2.75, 3.05) is 25.0 Å². The highest BCUT2D eigenvalue weighted by Gasteiger charge is 2.21. The lowest BCUT2D eigenvalue weighted by Crippen LogP contribution is -2.25. The van der Waals surface area contributed by atoms with Crippen molar-refractivity contribution < 1.29 is 18.3 Å². The molecule has 6 heteroatoms.